The Bertz CT molecular complexity index is 1070. The number of anilines is 1. The number of nitrogens with one attached hydrogen (secondary N) is 1. The van der Waals surface area contributed by atoms with E-state index in [1.807, 2.05) is 0 Å². The van der Waals surface area contributed by atoms with Crippen LogP contribution < -0.4 is 5.32 Å². The number of ether oxygens (including phenoxy) is 1. The molecule has 0 aliphatic carbocycles. The van der Waals surface area contributed by atoms with E-state index in [1.54, 1.807) is 6.92 Å². The van der Waals surface area contributed by atoms with Crippen molar-refractivity contribution in [1.82, 2.24) is 14.3 Å². The largest absolute Gasteiger partial charge is 0.448 e. The quantitative estimate of drug-likeness (QED) is 0.650. The minimum Gasteiger partial charge on any atom is -0.448 e. The number of halogens is 1. The Morgan fingerprint density at radius 2 is 1.87 bits per heavy atom. The highest BCUT2D eigenvalue weighted by atomic mass is 35.5. The Morgan fingerprint density at radius 3 is 2.52 bits per heavy atom. The number of piperidine rings is 1. The third kappa shape index (κ3) is 5.57. The summed E-state index contributed by atoms with van der Waals surface area (Å²) in [6.07, 6.45) is 4.12. The first-order valence-electron chi connectivity index (χ1n) is 9.78. The SMILES string of the molecule is Cc1cnc(C(=O)OC(C)C(=O)Nc2cc(S(=O)(=O)N3CCCCC3)ccc2Cl)cn1. The average Bonchev–Trinajstić information content (AvgIpc) is 2.76. The first-order valence-corrected chi connectivity index (χ1v) is 11.6. The van der Waals surface area contributed by atoms with Crippen LogP contribution in [0.25, 0.3) is 0 Å². The Hall–Kier alpha value is -2.56. The number of rotatable bonds is 6. The van der Waals surface area contributed by atoms with Crippen LogP contribution in [0.3, 0.4) is 0 Å². The zero-order valence-corrected chi connectivity index (χ0v) is 18.7. The number of hydrogen-bond acceptors (Lipinski definition) is 7. The van der Waals surface area contributed by atoms with Gasteiger partial charge in [-0.25, -0.2) is 18.2 Å². The summed E-state index contributed by atoms with van der Waals surface area (Å²) < 4.78 is 32.3. The number of carbonyl (C=O) groups is 2. The molecule has 2 heterocycles. The van der Waals surface area contributed by atoms with Crippen molar-refractivity contribution in [3.8, 4) is 0 Å². The summed E-state index contributed by atoms with van der Waals surface area (Å²) in [5, 5.41) is 2.69. The molecule has 1 unspecified atom stereocenters. The second-order valence-corrected chi connectivity index (χ2v) is 9.53. The molecule has 9 nitrogen and oxygen atoms in total. The Balaban J connectivity index is 1.71. The molecule has 3 rings (SSSR count). The van der Waals surface area contributed by atoms with Crippen molar-refractivity contribution < 1.29 is 22.7 Å². The molecule has 166 valence electrons. The molecule has 1 atom stereocenters. The zero-order chi connectivity index (χ0) is 22.6. The maximum atomic E-state index is 12.9. The van der Waals surface area contributed by atoms with Gasteiger partial charge in [-0.3, -0.25) is 9.78 Å². The third-order valence-electron chi connectivity index (χ3n) is 4.79. The molecule has 1 aliphatic heterocycles. The van der Waals surface area contributed by atoms with Crippen molar-refractivity contribution in [2.24, 2.45) is 0 Å². The number of aryl methyl sites for hydroxylation is 1. The molecule has 1 fully saturated rings. The van der Waals surface area contributed by atoms with Gasteiger partial charge in [0, 0.05) is 19.3 Å². The molecular formula is C20H23ClN4O5S. The fraction of sp³-hybridized carbons (Fsp3) is 0.400. The number of amides is 1. The van der Waals surface area contributed by atoms with Crippen LogP contribution in [0, 0.1) is 6.92 Å². The second kappa shape index (κ2) is 9.71. The molecule has 2 aromatic rings. The van der Waals surface area contributed by atoms with Gasteiger partial charge in [-0.15, -0.1) is 0 Å². The van der Waals surface area contributed by atoms with Crippen molar-refractivity contribution in [2.75, 3.05) is 18.4 Å². The molecule has 0 radical (unpaired) electrons. The van der Waals surface area contributed by atoms with E-state index in [4.69, 9.17) is 16.3 Å². The van der Waals surface area contributed by atoms with Gasteiger partial charge in [0.05, 0.1) is 27.5 Å². The monoisotopic (exact) mass is 466 g/mol. The molecule has 0 spiro atoms. The van der Waals surface area contributed by atoms with Crippen molar-refractivity contribution in [1.29, 1.82) is 0 Å². The van der Waals surface area contributed by atoms with Gasteiger partial charge < -0.3 is 10.1 Å². The lowest BCUT2D eigenvalue weighted by atomic mass is 10.2. The summed E-state index contributed by atoms with van der Waals surface area (Å²) in [5.74, 6) is -1.47. The molecule has 31 heavy (non-hydrogen) atoms. The van der Waals surface area contributed by atoms with Crippen LogP contribution in [0.5, 0.6) is 0 Å². The standard InChI is InChI=1S/C20H23ClN4O5S/c1-13-11-23-18(12-22-13)20(27)30-14(2)19(26)24-17-10-15(6-7-16(17)21)31(28,29)25-8-4-3-5-9-25/h6-7,10-12,14H,3-5,8-9H2,1-2H3,(H,24,26). The van der Waals surface area contributed by atoms with Gasteiger partial charge in [0.25, 0.3) is 5.91 Å². The lowest BCUT2D eigenvalue weighted by molar-refractivity contribution is -0.123. The summed E-state index contributed by atoms with van der Waals surface area (Å²) in [6.45, 7) is 4.03. The van der Waals surface area contributed by atoms with Crippen LogP contribution in [0.4, 0.5) is 5.69 Å². The van der Waals surface area contributed by atoms with Gasteiger partial charge in [0.2, 0.25) is 10.0 Å². The van der Waals surface area contributed by atoms with Crippen molar-refractivity contribution >= 4 is 39.2 Å². The summed E-state index contributed by atoms with van der Waals surface area (Å²) in [5.41, 5.74) is 0.719. The smallest absolute Gasteiger partial charge is 0.359 e. The third-order valence-corrected chi connectivity index (χ3v) is 7.02. The molecule has 1 amide bonds. The highest BCUT2D eigenvalue weighted by Crippen LogP contribution is 2.28. The Labute approximate surface area is 185 Å². The number of benzene rings is 1. The van der Waals surface area contributed by atoms with Gasteiger partial charge in [0.1, 0.15) is 0 Å². The van der Waals surface area contributed by atoms with Crippen LogP contribution in [-0.2, 0) is 19.6 Å². The predicted molar refractivity (Wildman–Crippen MR) is 114 cm³/mol. The van der Waals surface area contributed by atoms with Crippen molar-refractivity contribution in [3.05, 3.63) is 47.0 Å². The number of aromatic nitrogens is 2. The lowest BCUT2D eigenvalue weighted by Crippen LogP contribution is -2.35. The molecular weight excluding hydrogens is 444 g/mol. The maximum absolute atomic E-state index is 12.9. The minimum absolute atomic E-state index is 0.0297. The Kier molecular flexibility index (Phi) is 7.24. The van der Waals surface area contributed by atoms with E-state index >= 15 is 0 Å². The molecule has 1 aromatic heterocycles. The fourth-order valence-electron chi connectivity index (χ4n) is 3.02. The first-order chi connectivity index (χ1) is 14.7. The van der Waals surface area contributed by atoms with Crippen LogP contribution in [0.1, 0.15) is 42.4 Å². The van der Waals surface area contributed by atoms with Gasteiger partial charge >= 0.3 is 5.97 Å². The Morgan fingerprint density at radius 1 is 1.16 bits per heavy atom. The number of carbonyl (C=O) groups excluding carboxylic acids is 2. The van der Waals surface area contributed by atoms with Crippen LogP contribution in [0.2, 0.25) is 5.02 Å². The van der Waals surface area contributed by atoms with E-state index in [9.17, 15) is 18.0 Å². The lowest BCUT2D eigenvalue weighted by Gasteiger charge is -2.26. The van der Waals surface area contributed by atoms with Crippen LogP contribution in [0.15, 0.2) is 35.5 Å². The van der Waals surface area contributed by atoms with E-state index in [1.165, 1.54) is 41.8 Å². The molecule has 1 aromatic carbocycles. The van der Waals surface area contributed by atoms with Gasteiger partial charge in [-0.05, 0) is 44.9 Å². The van der Waals surface area contributed by atoms with E-state index in [0.717, 1.165) is 19.3 Å². The summed E-state index contributed by atoms with van der Waals surface area (Å²) >= 11 is 6.15. The highest BCUT2D eigenvalue weighted by Gasteiger charge is 2.27. The van der Waals surface area contributed by atoms with Crippen LogP contribution in [-0.4, -0.2) is 53.8 Å². The minimum atomic E-state index is -3.69. The number of esters is 1. The van der Waals surface area contributed by atoms with Gasteiger partial charge in [-0.2, -0.15) is 4.31 Å². The first kappa shape index (κ1) is 23.1. The van der Waals surface area contributed by atoms with E-state index in [2.05, 4.69) is 15.3 Å². The molecule has 11 heteroatoms. The van der Waals surface area contributed by atoms with Crippen LogP contribution >= 0.6 is 11.6 Å². The maximum Gasteiger partial charge on any atom is 0.359 e. The molecule has 1 saturated heterocycles. The fourth-order valence-corrected chi connectivity index (χ4v) is 4.73. The second-order valence-electron chi connectivity index (χ2n) is 7.19. The topological polar surface area (TPSA) is 119 Å². The number of sulfonamides is 1. The van der Waals surface area contributed by atoms with E-state index in [0.29, 0.717) is 18.8 Å². The van der Waals surface area contributed by atoms with Gasteiger partial charge in [-0.1, -0.05) is 18.0 Å². The molecule has 1 aliphatic rings. The van der Waals surface area contributed by atoms with Crippen molar-refractivity contribution in [2.45, 2.75) is 44.1 Å². The normalized spacial score (nSPS) is 15.8. The van der Waals surface area contributed by atoms with E-state index < -0.39 is 28.0 Å². The number of nitrogens with zero attached hydrogens (tertiary/aromatic N) is 3. The predicted octanol–water partition coefficient (Wildman–Crippen LogP) is 2.80. The molecule has 0 bridgehead atoms. The highest BCUT2D eigenvalue weighted by molar-refractivity contribution is 7.89. The summed E-state index contributed by atoms with van der Waals surface area (Å²) in [4.78, 5) is 32.5. The summed E-state index contributed by atoms with van der Waals surface area (Å²) in [6, 6.07) is 4.12. The van der Waals surface area contributed by atoms with Crippen molar-refractivity contribution in [3.63, 3.8) is 0 Å². The van der Waals surface area contributed by atoms with Gasteiger partial charge in [0.15, 0.2) is 11.8 Å². The van der Waals surface area contributed by atoms with E-state index in [-0.39, 0.29) is 21.3 Å². The average molecular weight is 467 g/mol. The zero-order valence-electron chi connectivity index (χ0n) is 17.2. The molecule has 1 N–H and O–H groups in total. The summed E-state index contributed by atoms with van der Waals surface area (Å²) in [7, 11) is -3.69. The molecule has 0 saturated carbocycles. The number of hydrogen-bond donors (Lipinski definition) is 1.